The minimum absolute atomic E-state index is 0.0538. The SMILES string of the molecule is C=C(C)C1CC(=O)C(C)=C(OOC2=C(C)C(=O)CC(C(=C)C)C2)C1. The van der Waals surface area contributed by atoms with Crippen molar-refractivity contribution >= 4 is 11.6 Å². The van der Waals surface area contributed by atoms with Gasteiger partial charge in [-0.15, -0.1) is 0 Å². The van der Waals surface area contributed by atoms with Gasteiger partial charge in [-0.3, -0.25) is 19.4 Å². The van der Waals surface area contributed by atoms with Crippen molar-refractivity contribution in [3.63, 3.8) is 0 Å². The third-order valence-electron chi connectivity index (χ3n) is 5.04. The van der Waals surface area contributed by atoms with Crippen molar-refractivity contribution in [2.45, 2.75) is 53.4 Å². The molecule has 2 aliphatic carbocycles. The van der Waals surface area contributed by atoms with Crippen molar-refractivity contribution in [3.8, 4) is 0 Å². The topological polar surface area (TPSA) is 52.6 Å². The largest absolute Gasteiger partial charge is 0.294 e. The highest BCUT2D eigenvalue weighted by Crippen LogP contribution is 2.35. The first-order valence-electron chi connectivity index (χ1n) is 8.31. The molecular formula is C20H26O4. The minimum atomic E-state index is 0.0538. The maximum Gasteiger partial charge on any atom is 0.162 e. The standard InChI is InChI=1S/C20H26O4/c1-11(2)15-7-17(21)13(5)19(9-15)23-24-20-10-16(12(3)4)8-18(22)14(20)6/h15-16H,1,3,7-10H2,2,4-6H3. The van der Waals surface area contributed by atoms with Gasteiger partial charge in [0.1, 0.15) is 0 Å². The van der Waals surface area contributed by atoms with Crippen LogP contribution in [0.5, 0.6) is 0 Å². The van der Waals surface area contributed by atoms with Gasteiger partial charge in [0, 0.05) is 36.8 Å². The average Bonchev–Trinajstić information content (AvgIpc) is 2.51. The van der Waals surface area contributed by atoms with Crippen LogP contribution in [0.3, 0.4) is 0 Å². The summed E-state index contributed by atoms with van der Waals surface area (Å²) in [6.07, 6.45) is 2.12. The van der Waals surface area contributed by atoms with E-state index in [4.69, 9.17) is 9.78 Å². The highest BCUT2D eigenvalue weighted by Gasteiger charge is 2.30. The minimum Gasteiger partial charge on any atom is -0.294 e. The van der Waals surface area contributed by atoms with E-state index in [-0.39, 0.29) is 23.4 Å². The van der Waals surface area contributed by atoms with Gasteiger partial charge in [-0.05, 0) is 39.5 Å². The van der Waals surface area contributed by atoms with E-state index in [1.54, 1.807) is 13.8 Å². The van der Waals surface area contributed by atoms with Crippen LogP contribution in [0.2, 0.25) is 0 Å². The van der Waals surface area contributed by atoms with Crippen molar-refractivity contribution in [2.75, 3.05) is 0 Å². The van der Waals surface area contributed by atoms with Gasteiger partial charge in [0.25, 0.3) is 0 Å². The average molecular weight is 330 g/mol. The zero-order valence-corrected chi connectivity index (χ0v) is 15.0. The lowest BCUT2D eigenvalue weighted by molar-refractivity contribution is -0.235. The highest BCUT2D eigenvalue weighted by atomic mass is 17.2. The Balaban J connectivity index is 2.13. The Hall–Kier alpha value is -2.10. The van der Waals surface area contributed by atoms with Crippen molar-refractivity contribution in [2.24, 2.45) is 11.8 Å². The van der Waals surface area contributed by atoms with Gasteiger partial charge in [-0.2, -0.15) is 0 Å². The van der Waals surface area contributed by atoms with Crippen LogP contribution in [0, 0.1) is 11.8 Å². The van der Waals surface area contributed by atoms with Gasteiger partial charge in [0.05, 0.1) is 0 Å². The van der Waals surface area contributed by atoms with Crippen molar-refractivity contribution in [3.05, 3.63) is 47.0 Å². The Morgan fingerprint density at radius 2 is 1.12 bits per heavy atom. The number of carbonyl (C=O) groups is 2. The van der Waals surface area contributed by atoms with Crippen LogP contribution in [-0.4, -0.2) is 11.6 Å². The van der Waals surface area contributed by atoms with E-state index in [1.807, 2.05) is 13.8 Å². The normalized spacial score (nSPS) is 25.0. The molecule has 0 spiro atoms. The molecule has 0 bridgehead atoms. The zero-order chi connectivity index (χ0) is 18.0. The van der Waals surface area contributed by atoms with Gasteiger partial charge in [-0.1, -0.05) is 24.3 Å². The molecule has 0 aromatic rings. The molecule has 0 saturated carbocycles. The van der Waals surface area contributed by atoms with Crippen LogP contribution >= 0.6 is 0 Å². The van der Waals surface area contributed by atoms with Crippen molar-refractivity contribution in [1.82, 2.24) is 0 Å². The molecule has 0 saturated heterocycles. The first kappa shape index (κ1) is 18.2. The number of hydrogen-bond donors (Lipinski definition) is 0. The second kappa shape index (κ2) is 7.20. The number of rotatable bonds is 5. The molecule has 2 aliphatic rings. The molecule has 4 heteroatoms. The molecule has 0 heterocycles. The lowest BCUT2D eigenvalue weighted by atomic mass is 9.84. The van der Waals surface area contributed by atoms with E-state index in [2.05, 4.69) is 13.2 Å². The fraction of sp³-hybridized carbons (Fsp3) is 0.500. The maximum atomic E-state index is 12.1. The van der Waals surface area contributed by atoms with Gasteiger partial charge in [-0.25, -0.2) is 0 Å². The zero-order valence-electron chi connectivity index (χ0n) is 15.0. The van der Waals surface area contributed by atoms with Crippen LogP contribution in [-0.2, 0) is 19.4 Å². The Bertz CT molecular complexity index is 605. The fourth-order valence-electron chi connectivity index (χ4n) is 2.95. The number of allylic oxidation sites excluding steroid dienone is 6. The summed E-state index contributed by atoms with van der Waals surface area (Å²) in [6.45, 7) is 15.2. The summed E-state index contributed by atoms with van der Waals surface area (Å²) in [5.41, 5.74) is 3.10. The highest BCUT2D eigenvalue weighted by molar-refractivity contribution is 5.97. The van der Waals surface area contributed by atoms with Gasteiger partial charge >= 0.3 is 0 Å². The first-order valence-corrected chi connectivity index (χ1v) is 8.31. The van der Waals surface area contributed by atoms with Crippen LogP contribution < -0.4 is 0 Å². The predicted molar refractivity (Wildman–Crippen MR) is 92.7 cm³/mol. The maximum absolute atomic E-state index is 12.1. The van der Waals surface area contributed by atoms with E-state index < -0.39 is 0 Å². The second-order valence-electron chi connectivity index (χ2n) is 7.01. The Morgan fingerprint density at radius 1 is 0.792 bits per heavy atom. The lowest BCUT2D eigenvalue weighted by Crippen LogP contribution is -2.22. The lowest BCUT2D eigenvalue weighted by Gasteiger charge is -2.27. The quantitative estimate of drug-likeness (QED) is 0.420. The summed E-state index contributed by atoms with van der Waals surface area (Å²) in [4.78, 5) is 35.3. The molecule has 0 aromatic heterocycles. The molecule has 2 atom stereocenters. The third kappa shape index (κ3) is 3.86. The van der Waals surface area contributed by atoms with E-state index >= 15 is 0 Å². The molecule has 0 aromatic carbocycles. The summed E-state index contributed by atoms with van der Waals surface area (Å²) < 4.78 is 0. The van der Waals surface area contributed by atoms with E-state index in [1.165, 1.54) is 0 Å². The Morgan fingerprint density at radius 3 is 1.42 bits per heavy atom. The van der Waals surface area contributed by atoms with E-state index in [9.17, 15) is 9.59 Å². The first-order chi connectivity index (χ1) is 11.2. The summed E-state index contributed by atoms with van der Waals surface area (Å²) >= 11 is 0. The Labute approximate surface area is 143 Å². The molecular weight excluding hydrogens is 304 g/mol. The van der Waals surface area contributed by atoms with Crippen LogP contribution in [0.15, 0.2) is 47.0 Å². The van der Waals surface area contributed by atoms with Crippen LogP contribution in [0.25, 0.3) is 0 Å². The monoisotopic (exact) mass is 330 g/mol. The Kier molecular flexibility index (Phi) is 5.47. The molecule has 2 rings (SSSR count). The van der Waals surface area contributed by atoms with Crippen molar-refractivity contribution < 1.29 is 19.4 Å². The molecule has 0 radical (unpaired) electrons. The molecule has 4 nitrogen and oxygen atoms in total. The predicted octanol–water partition coefficient (Wildman–Crippen LogP) is 4.59. The third-order valence-corrected chi connectivity index (χ3v) is 5.04. The summed E-state index contributed by atoms with van der Waals surface area (Å²) in [5.74, 6) is 1.32. The number of carbonyl (C=O) groups excluding carboxylic acids is 2. The molecule has 0 aliphatic heterocycles. The van der Waals surface area contributed by atoms with Crippen LogP contribution in [0.1, 0.15) is 53.4 Å². The van der Waals surface area contributed by atoms with Crippen molar-refractivity contribution in [1.29, 1.82) is 0 Å². The summed E-state index contributed by atoms with van der Waals surface area (Å²) in [7, 11) is 0. The van der Waals surface area contributed by atoms with E-state index in [0.29, 0.717) is 48.3 Å². The molecule has 0 N–H and O–H groups in total. The number of hydrogen-bond acceptors (Lipinski definition) is 4. The number of ketones is 2. The summed E-state index contributed by atoms with van der Waals surface area (Å²) in [5, 5.41) is 0. The number of Topliss-reactive ketones (excluding diaryl/α,β-unsaturated/α-hetero) is 2. The molecule has 0 fully saturated rings. The molecule has 0 amide bonds. The van der Waals surface area contributed by atoms with Gasteiger partial charge in [0.15, 0.2) is 23.1 Å². The van der Waals surface area contributed by atoms with E-state index in [0.717, 1.165) is 11.1 Å². The molecule has 24 heavy (non-hydrogen) atoms. The van der Waals surface area contributed by atoms with Gasteiger partial charge < -0.3 is 0 Å². The smallest absolute Gasteiger partial charge is 0.162 e. The summed E-state index contributed by atoms with van der Waals surface area (Å²) in [6, 6.07) is 0. The van der Waals surface area contributed by atoms with Gasteiger partial charge in [0.2, 0.25) is 0 Å². The second-order valence-corrected chi connectivity index (χ2v) is 7.01. The van der Waals surface area contributed by atoms with Crippen LogP contribution in [0.4, 0.5) is 0 Å². The molecule has 2 unspecified atom stereocenters. The fourth-order valence-corrected chi connectivity index (χ4v) is 2.95. The molecule has 130 valence electrons.